The molecule has 0 aliphatic carbocycles. The number of nitrogens with two attached hydrogens (primary N) is 1. The molecular weight excluding hydrogens is 166 g/mol. The first-order valence-electron chi connectivity index (χ1n) is 3.82. The van der Waals surface area contributed by atoms with Crippen molar-refractivity contribution in [2.45, 2.75) is 13.1 Å². The minimum absolute atomic E-state index is 0.322. The third-order valence-electron chi connectivity index (χ3n) is 1.73. The Bertz CT molecular complexity index is 296. The molecule has 0 unspecified atom stereocenters. The Morgan fingerprint density at radius 2 is 1.92 bits per heavy atom. The van der Waals surface area contributed by atoms with Crippen LogP contribution in [0.4, 0.5) is 0 Å². The van der Waals surface area contributed by atoms with Crippen molar-refractivity contribution in [1.82, 2.24) is 0 Å². The largest absolute Gasteiger partial charge is 0.366 e. The van der Waals surface area contributed by atoms with Gasteiger partial charge in [-0.15, -0.1) is 0 Å². The molecule has 1 aromatic carbocycles. The van der Waals surface area contributed by atoms with Gasteiger partial charge in [0.25, 0.3) is 0 Å². The third kappa shape index (κ3) is 1.74. The van der Waals surface area contributed by atoms with E-state index in [-0.39, 0.29) is 5.91 Å². The van der Waals surface area contributed by atoms with E-state index in [0.717, 1.165) is 5.19 Å². The molecule has 0 spiro atoms. The van der Waals surface area contributed by atoms with E-state index in [1.54, 1.807) is 6.07 Å². The summed E-state index contributed by atoms with van der Waals surface area (Å²) in [5, 5.41) is 1.12. The Labute approximate surface area is 74.0 Å². The molecule has 0 aromatic heterocycles. The van der Waals surface area contributed by atoms with Gasteiger partial charge in [0.05, 0.1) is 8.80 Å². The van der Waals surface area contributed by atoms with Gasteiger partial charge in [0.15, 0.2) is 0 Å². The van der Waals surface area contributed by atoms with Crippen molar-refractivity contribution in [3.63, 3.8) is 0 Å². The summed E-state index contributed by atoms with van der Waals surface area (Å²) >= 11 is 0. The summed E-state index contributed by atoms with van der Waals surface area (Å²) in [6.45, 7) is 4.29. The number of amides is 1. The van der Waals surface area contributed by atoms with Gasteiger partial charge in [-0.3, -0.25) is 4.79 Å². The number of hydrogen-bond donors (Lipinski definition) is 1. The van der Waals surface area contributed by atoms with Crippen LogP contribution >= 0.6 is 0 Å². The molecule has 1 aromatic rings. The number of rotatable bonds is 2. The van der Waals surface area contributed by atoms with Crippen molar-refractivity contribution in [3.05, 3.63) is 29.8 Å². The molecule has 0 saturated carbocycles. The first-order chi connectivity index (χ1) is 5.63. The maximum absolute atomic E-state index is 11.0. The predicted molar refractivity (Wildman–Crippen MR) is 52.1 cm³/mol. The second kappa shape index (κ2) is 3.54. The third-order valence-corrected chi connectivity index (χ3v) is 3.24. The molecule has 0 aliphatic heterocycles. The highest BCUT2D eigenvalue weighted by atomic mass is 28.3. The molecule has 2 nitrogen and oxygen atoms in total. The Kier molecular flexibility index (Phi) is 2.65. The van der Waals surface area contributed by atoms with Crippen LogP contribution in [0, 0.1) is 0 Å². The van der Waals surface area contributed by atoms with E-state index in [1.807, 2.05) is 18.2 Å². The lowest BCUT2D eigenvalue weighted by molar-refractivity contribution is 0.100. The smallest absolute Gasteiger partial charge is 0.248 e. The summed E-state index contributed by atoms with van der Waals surface area (Å²) in [6, 6.07) is 7.55. The quantitative estimate of drug-likeness (QED) is 0.667. The second-order valence-corrected chi connectivity index (χ2v) is 5.45. The predicted octanol–water partition coefficient (Wildman–Crippen LogP) is 0.747. The van der Waals surface area contributed by atoms with Crippen molar-refractivity contribution in [3.8, 4) is 0 Å². The van der Waals surface area contributed by atoms with Gasteiger partial charge in [-0.25, -0.2) is 0 Å². The minimum atomic E-state index is -0.587. The van der Waals surface area contributed by atoms with Gasteiger partial charge in [-0.05, 0) is 11.3 Å². The van der Waals surface area contributed by atoms with E-state index < -0.39 is 8.80 Å². The lowest BCUT2D eigenvalue weighted by Gasteiger charge is -2.07. The van der Waals surface area contributed by atoms with E-state index in [1.165, 1.54) is 0 Å². The molecule has 0 bridgehead atoms. The Balaban J connectivity index is 3.17. The molecular formula is C9H12NOSi. The van der Waals surface area contributed by atoms with Gasteiger partial charge in [0.1, 0.15) is 0 Å². The SMILES string of the molecule is C[Si](C)c1ccccc1C(N)=O. The number of carbonyl (C=O) groups is 1. The van der Waals surface area contributed by atoms with Crippen molar-refractivity contribution in [2.24, 2.45) is 5.73 Å². The summed E-state index contributed by atoms with van der Waals surface area (Å²) in [7, 11) is -0.587. The van der Waals surface area contributed by atoms with Crippen molar-refractivity contribution >= 4 is 19.9 Å². The zero-order valence-corrected chi connectivity index (χ0v) is 8.29. The number of carbonyl (C=O) groups excluding carboxylic acids is 1. The van der Waals surface area contributed by atoms with Gasteiger partial charge < -0.3 is 5.73 Å². The van der Waals surface area contributed by atoms with Gasteiger partial charge >= 0.3 is 0 Å². The second-order valence-electron chi connectivity index (χ2n) is 2.91. The molecule has 1 rings (SSSR count). The molecule has 0 heterocycles. The van der Waals surface area contributed by atoms with Gasteiger partial charge in [-0.2, -0.15) is 0 Å². The van der Waals surface area contributed by atoms with Crippen LogP contribution in [0.3, 0.4) is 0 Å². The van der Waals surface area contributed by atoms with Crippen LogP contribution in [0.15, 0.2) is 24.3 Å². The molecule has 3 heteroatoms. The van der Waals surface area contributed by atoms with E-state index in [4.69, 9.17) is 5.73 Å². The summed E-state index contributed by atoms with van der Waals surface area (Å²) in [5.74, 6) is -0.322. The highest BCUT2D eigenvalue weighted by molar-refractivity contribution is 6.72. The van der Waals surface area contributed by atoms with Gasteiger partial charge in [0.2, 0.25) is 5.91 Å². The molecule has 0 atom stereocenters. The first kappa shape index (κ1) is 9.00. The summed E-state index contributed by atoms with van der Waals surface area (Å²) in [5.41, 5.74) is 5.91. The average molecular weight is 178 g/mol. The molecule has 0 saturated heterocycles. The average Bonchev–Trinajstić information content (AvgIpc) is 2.04. The lowest BCUT2D eigenvalue weighted by atomic mass is 10.2. The zero-order chi connectivity index (χ0) is 9.14. The molecule has 1 amide bonds. The Morgan fingerprint density at radius 1 is 1.33 bits per heavy atom. The van der Waals surface area contributed by atoms with Crippen LogP contribution in [-0.2, 0) is 0 Å². The highest BCUT2D eigenvalue weighted by Crippen LogP contribution is 1.97. The van der Waals surface area contributed by atoms with Gasteiger partial charge in [0, 0.05) is 5.56 Å². The van der Waals surface area contributed by atoms with E-state index >= 15 is 0 Å². The fraction of sp³-hybridized carbons (Fsp3) is 0.222. The van der Waals surface area contributed by atoms with Crippen molar-refractivity contribution in [1.29, 1.82) is 0 Å². The molecule has 2 N–H and O–H groups in total. The van der Waals surface area contributed by atoms with Crippen LogP contribution < -0.4 is 10.9 Å². The molecule has 63 valence electrons. The standard InChI is InChI=1S/C9H12NOSi/c1-12(2)8-6-4-3-5-7(8)9(10)11/h3-6H,1-2H3,(H2,10,11). The van der Waals surface area contributed by atoms with Crippen molar-refractivity contribution < 1.29 is 4.79 Å². The Morgan fingerprint density at radius 3 is 2.33 bits per heavy atom. The fourth-order valence-corrected chi connectivity index (χ4v) is 2.31. The topological polar surface area (TPSA) is 43.1 Å². The van der Waals surface area contributed by atoms with Crippen LogP contribution in [0.5, 0.6) is 0 Å². The van der Waals surface area contributed by atoms with Gasteiger partial charge in [-0.1, -0.05) is 31.3 Å². The maximum Gasteiger partial charge on any atom is 0.248 e. The monoisotopic (exact) mass is 178 g/mol. The lowest BCUT2D eigenvalue weighted by Crippen LogP contribution is -2.31. The number of hydrogen-bond acceptors (Lipinski definition) is 1. The minimum Gasteiger partial charge on any atom is -0.366 e. The van der Waals surface area contributed by atoms with Crippen LogP contribution in [0.2, 0.25) is 13.1 Å². The molecule has 12 heavy (non-hydrogen) atoms. The molecule has 0 aliphatic rings. The summed E-state index contributed by atoms with van der Waals surface area (Å²) in [4.78, 5) is 11.0. The van der Waals surface area contributed by atoms with Crippen LogP contribution in [0.1, 0.15) is 10.4 Å². The van der Waals surface area contributed by atoms with Crippen molar-refractivity contribution in [2.75, 3.05) is 0 Å². The zero-order valence-electron chi connectivity index (χ0n) is 7.29. The highest BCUT2D eigenvalue weighted by Gasteiger charge is 2.09. The van der Waals surface area contributed by atoms with Crippen LogP contribution in [0.25, 0.3) is 0 Å². The molecule has 0 fully saturated rings. The normalized spacial score (nSPS) is 10.2. The van der Waals surface area contributed by atoms with E-state index in [0.29, 0.717) is 5.56 Å². The van der Waals surface area contributed by atoms with Crippen LogP contribution in [-0.4, -0.2) is 14.7 Å². The molecule has 1 radical (unpaired) electrons. The Hall–Kier alpha value is -1.09. The number of benzene rings is 1. The maximum atomic E-state index is 11.0. The van der Waals surface area contributed by atoms with E-state index in [2.05, 4.69) is 13.1 Å². The first-order valence-corrected chi connectivity index (χ1v) is 6.32. The summed E-state index contributed by atoms with van der Waals surface area (Å²) in [6.07, 6.45) is 0. The fourth-order valence-electron chi connectivity index (χ4n) is 1.13. The van der Waals surface area contributed by atoms with E-state index in [9.17, 15) is 4.79 Å². The number of primary amides is 1. The summed E-state index contributed by atoms with van der Waals surface area (Å²) < 4.78 is 0.